The third kappa shape index (κ3) is 4.19. The lowest BCUT2D eigenvalue weighted by atomic mass is 9.99. The highest BCUT2D eigenvalue weighted by Crippen LogP contribution is 2.42. The Bertz CT molecular complexity index is 708. The van der Waals surface area contributed by atoms with Gasteiger partial charge in [-0.25, -0.2) is 0 Å². The van der Waals surface area contributed by atoms with Crippen LogP contribution < -0.4 is 4.74 Å². The van der Waals surface area contributed by atoms with Crippen LogP contribution in [0.15, 0.2) is 30.3 Å². The number of alkyl halides is 5. The number of rotatable bonds is 3. The zero-order valence-electron chi connectivity index (χ0n) is 10.9. The highest BCUT2D eigenvalue weighted by atomic mass is 35.5. The number of ether oxygens (including phenoxy) is 1. The Morgan fingerprint density at radius 3 is 1.96 bits per heavy atom. The second-order valence-corrected chi connectivity index (χ2v) is 5.53. The van der Waals surface area contributed by atoms with Crippen molar-refractivity contribution in [1.29, 1.82) is 0 Å². The molecule has 0 amide bonds. The van der Waals surface area contributed by atoms with E-state index in [1.165, 1.54) is 12.1 Å². The highest BCUT2D eigenvalue weighted by molar-refractivity contribution is 6.48. The van der Waals surface area contributed by atoms with E-state index in [0.717, 1.165) is 12.1 Å². The lowest BCUT2D eigenvalue weighted by molar-refractivity contribution is -0.137. The van der Waals surface area contributed by atoms with E-state index in [1.807, 2.05) is 0 Å². The fourth-order valence-corrected chi connectivity index (χ4v) is 2.49. The minimum atomic E-state index is -4.80. The summed E-state index contributed by atoms with van der Waals surface area (Å²) >= 11 is 17.4. The Balaban J connectivity index is 2.62. The third-order valence-corrected chi connectivity index (χ3v) is 4.01. The molecule has 23 heavy (non-hydrogen) atoms. The molecule has 124 valence electrons. The number of halogens is 8. The van der Waals surface area contributed by atoms with Crippen LogP contribution in [0.4, 0.5) is 22.0 Å². The molecule has 0 radical (unpaired) electrons. The second kappa shape index (κ2) is 6.71. The lowest BCUT2D eigenvalue weighted by Crippen LogP contribution is -2.09. The Kier molecular flexibility index (Phi) is 5.28. The first-order chi connectivity index (χ1) is 10.6. The summed E-state index contributed by atoms with van der Waals surface area (Å²) in [6.07, 6.45) is -4.80. The molecule has 0 fully saturated rings. The van der Waals surface area contributed by atoms with Crippen LogP contribution in [0.2, 0.25) is 15.1 Å². The van der Waals surface area contributed by atoms with E-state index in [2.05, 4.69) is 4.74 Å². The minimum absolute atomic E-state index is 0.00305. The van der Waals surface area contributed by atoms with Gasteiger partial charge in [0.1, 0.15) is 5.75 Å². The van der Waals surface area contributed by atoms with Crippen molar-refractivity contribution >= 4 is 34.8 Å². The summed E-state index contributed by atoms with van der Waals surface area (Å²) < 4.78 is 67.9. The van der Waals surface area contributed by atoms with Gasteiger partial charge in [-0.2, -0.15) is 22.0 Å². The van der Waals surface area contributed by atoms with Gasteiger partial charge >= 0.3 is 12.8 Å². The Hall–Kier alpha value is -1.24. The van der Waals surface area contributed by atoms with Gasteiger partial charge in [-0.3, -0.25) is 0 Å². The second-order valence-electron chi connectivity index (χ2n) is 4.34. The molecule has 0 heterocycles. The summed E-state index contributed by atoms with van der Waals surface area (Å²) in [6, 6.07) is 4.88. The Morgan fingerprint density at radius 2 is 1.48 bits per heavy atom. The molecule has 0 spiro atoms. The lowest BCUT2D eigenvalue weighted by Gasteiger charge is -2.16. The molecule has 2 aromatic carbocycles. The van der Waals surface area contributed by atoms with Gasteiger partial charge in [-0.15, -0.1) is 0 Å². The SMILES string of the molecule is FC(F)Oc1ccc(-c2cc(Cl)c(Cl)c(Cl)c2)c(C(F)(F)F)c1. The van der Waals surface area contributed by atoms with Crippen molar-refractivity contribution in [3.8, 4) is 16.9 Å². The molecule has 0 saturated heterocycles. The Labute approximate surface area is 142 Å². The maximum absolute atomic E-state index is 13.2. The molecular formula is C14H6Cl3F5O. The van der Waals surface area contributed by atoms with E-state index in [9.17, 15) is 22.0 Å². The Morgan fingerprint density at radius 1 is 0.913 bits per heavy atom. The molecule has 1 nitrogen and oxygen atoms in total. The van der Waals surface area contributed by atoms with E-state index < -0.39 is 24.1 Å². The highest BCUT2D eigenvalue weighted by Gasteiger charge is 2.34. The standard InChI is InChI=1S/C14H6Cl3F5O/c15-10-3-6(4-11(16)12(10)17)8-2-1-7(23-13(18)19)5-9(8)14(20,21)22/h1-5,13H. The van der Waals surface area contributed by atoms with Crippen LogP contribution in [-0.4, -0.2) is 6.61 Å². The van der Waals surface area contributed by atoms with Crippen molar-refractivity contribution in [3.05, 3.63) is 51.0 Å². The topological polar surface area (TPSA) is 9.23 Å². The maximum Gasteiger partial charge on any atom is 0.417 e. The minimum Gasteiger partial charge on any atom is -0.435 e. The molecule has 0 aliphatic heterocycles. The largest absolute Gasteiger partial charge is 0.435 e. The molecule has 0 bridgehead atoms. The van der Waals surface area contributed by atoms with Crippen molar-refractivity contribution in [2.45, 2.75) is 12.8 Å². The quantitative estimate of drug-likeness (QED) is 0.407. The number of hydrogen-bond acceptors (Lipinski definition) is 1. The predicted octanol–water partition coefficient (Wildman–Crippen LogP) is 6.93. The molecule has 2 aromatic rings. The predicted molar refractivity (Wildman–Crippen MR) is 78.5 cm³/mol. The van der Waals surface area contributed by atoms with E-state index in [4.69, 9.17) is 34.8 Å². The van der Waals surface area contributed by atoms with Gasteiger partial charge in [0.05, 0.1) is 20.6 Å². The summed E-state index contributed by atoms with van der Waals surface area (Å²) in [4.78, 5) is 0. The third-order valence-electron chi connectivity index (χ3n) is 2.82. The summed E-state index contributed by atoms with van der Waals surface area (Å²) in [6.45, 7) is -3.23. The molecule has 9 heteroatoms. The van der Waals surface area contributed by atoms with Gasteiger partial charge in [-0.1, -0.05) is 40.9 Å². The van der Waals surface area contributed by atoms with Crippen molar-refractivity contribution in [3.63, 3.8) is 0 Å². The van der Waals surface area contributed by atoms with Gasteiger partial charge in [0.25, 0.3) is 0 Å². The molecule has 0 aromatic heterocycles. The van der Waals surface area contributed by atoms with Crippen molar-refractivity contribution in [2.24, 2.45) is 0 Å². The van der Waals surface area contributed by atoms with Gasteiger partial charge in [0, 0.05) is 0 Å². The monoisotopic (exact) mass is 390 g/mol. The first kappa shape index (κ1) is 18.1. The van der Waals surface area contributed by atoms with E-state index in [0.29, 0.717) is 6.07 Å². The average Bonchev–Trinajstić information content (AvgIpc) is 2.42. The molecule has 0 aliphatic carbocycles. The number of hydrogen-bond donors (Lipinski definition) is 0. The van der Waals surface area contributed by atoms with Crippen LogP contribution in [0.25, 0.3) is 11.1 Å². The van der Waals surface area contributed by atoms with Crippen LogP contribution in [0.5, 0.6) is 5.75 Å². The molecular weight excluding hydrogens is 386 g/mol. The van der Waals surface area contributed by atoms with Crippen LogP contribution in [-0.2, 0) is 6.18 Å². The van der Waals surface area contributed by atoms with Crippen molar-refractivity contribution in [1.82, 2.24) is 0 Å². The van der Waals surface area contributed by atoms with Crippen LogP contribution in [0.3, 0.4) is 0 Å². The van der Waals surface area contributed by atoms with E-state index >= 15 is 0 Å². The summed E-state index contributed by atoms with van der Waals surface area (Å²) in [7, 11) is 0. The normalized spacial score (nSPS) is 11.9. The number of benzene rings is 2. The zero-order valence-corrected chi connectivity index (χ0v) is 13.2. The average molecular weight is 392 g/mol. The van der Waals surface area contributed by atoms with Crippen LogP contribution in [0, 0.1) is 0 Å². The zero-order chi connectivity index (χ0) is 17.4. The molecule has 0 atom stereocenters. The van der Waals surface area contributed by atoms with Gasteiger partial charge in [0.2, 0.25) is 0 Å². The van der Waals surface area contributed by atoms with Crippen molar-refractivity contribution < 1.29 is 26.7 Å². The van der Waals surface area contributed by atoms with Gasteiger partial charge < -0.3 is 4.74 Å². The van der Waals surface area contributed by atoms with Gasteiger partial charge in [0.15, 0.2) is 0 Å². The molecule has 2 rings (SSSR count). The van der Waals surface area contributed by atoms with E-state index in [-0.39, 0.29) is 26.2 Å². The molecule has 0 saturated carbocycles. The maximum atomic E-state index is 13.2. The van der Waals surface area contributed by atoms with Crippen molar-refractivity contribution in [2.75, 3.05) is 0 Å². The molecule has 0 N–H and O–H groups in total. The molecule has 0 unspecified atom stereocenters. The fourth-order valence-electron chi connectivity index (χ4n) is 1.90. The van der Waals surface area contributed by atoms with Crippen LogP contribution in [0.1, 0.15) is 5.56 Å². The van der Waals surface area contributed by atoms with E-state index in [1.54, 1.807) is 0 Å². The van der Waals surface area contributed by atoms with Crippen LogP contribution >= 0.6 is 34.8 Å². The summed E-state index contributed by atoms with van der Waals surface area (Å²) in [5, 5.41) is -0.0614. The first-order valence-corrected chi connectivity index (χ1v) is 7.04. The summed E-state index contributed by atoms with van der Waals surface area (Å²) in [5.41, 5.74) is -1.41. The molecule has 0 aliphatic rings. The fraction of sp³-hybridized carbons (Fsp3) is 0.143. The first-order valence-electron chi connectivity index (χ1n) is 5.90. The summed E-state index contributed by atoms with van der Waals surface area (Å²) in [5.74, 6) is -0.609. The smallest absolute Gasteiger partial charge is 0.417 e. The van der Waals surface area contributed by atoms with Gasteiger partial charge in [-0.05, 0) is 35.4 Å².